The first-order valence-electron chi connectivity index (χ1n) is 8.68. The Morgan fingerprint density at radius 1 is 1.23 bits per heavy atom. The van der Waals surface area contributed by atoms with E-state index in [4.69, 9.17) is 0 Å². The zero-order valence-corrected chi connectivity index (χ0v) is 15.1. The lowest BCUT2D eigenvalue weighted by molar-refractivity contribution is 0.0747. The van der Waals surface area contributed by atoms with E-state index in [0.717, 1.165) is 23.2 Å². The molecule has 1 aliphatic heterocycles. The molecule has 26 heavy (non-hydrogen) atoms. The molecule has 0 bridgehead atoms. The van der Waals surface area contributed by atoms with E-state index in [9.17, 15) is 4.79 Å². The van der Waals surface area contributed by atoms with Gasteiger partial charge in [0.2, 0.25) is 0 Å². The van der Waals surface area contributed by atoms with Crippen molar-refractivity contribution in [3.05, 3.63) is 75.4 Å². The molecule has 0 radical (unpaired) electrons. The summed E-state index contributed by atoms with van der Waals surface area (Å²) < 4.78 is 0. The number of nitrogens with one attached hydrogen (secondary N) is 2. The molecule has 4 heterocycles. The van der Waals surface area contributed by atoms with Gasteiger partial charge in [0.15, 0.2) is 5.69 Å². The van der Waals surface area contributed by atoms with Crippen LogP contribution in [0.25, 0.3) is 10.9 Å². The van der Waals surface area contributed by atoms with Crippen molar-refractivity contribution in [1.29, 1.82) is 0 Å². The van der Waals surface area contributed by atoms with Crippen molar-refractivity contribution in [2.24, 2.45) is 0 Å². The zero-order valence-electron chi connectivity index (χ0n) is 14.3. The number of para-hydroxylation sites is 1. The first-order valence-corrected chi connectivity index (χ1v) is 9.56. The highest BCUT2D eigenvalue weighted by molar-refractivity contribution is 7.10. The molecule has 0 saturated heterocycles. The van der Waals surface area contributed by atoms with E-state index in [1.54, 1.807) is 11.3 Å². The number of rotatable bonds is 4. The van der Waals surface area contributed by atoms with E-state index < -0.39 is 0 Å². The highest BCUT2D eigenvalue weighted by Crippen LogP contribution is 2.41. The molecule has 0 unspecified atom stereocenters. The van der Waals surface area contributed by atoms with E-state index in [0.29, 0.717) is 12.2 Å². The van der Waals surface area contributed by atoms with E-state index in [2.05, 4.69) is 45.0 Å². The number of carbonyl (C=O) groups excluding carboxylic acids is 1. The standard InChI is InChI=1S/C20H18N4OS/c1-12-17-18(23-22-12)20(25)24(19(17)16-7-4-10-26-16)9-8-13-11-21-15-6-3-2-5-14(13)15/h2-7,10-11,19,21H,8-9H2,1H3,(H,22,23)/t19-/m1/s1. The largest absolute Gasteiger partial charge is 0.361 e. The number of amides is 1. The van der Waals surface area contributed by atoms with Gasteiger partial charge in [-0.2, -0.15) is 5.10 Å². The maximum atomic E-state index is 13.0. The number of hydrogen-bond acceptors (Lipinski definition) is 3. The Kier molecular flexibility index (Phi) is 3.46. The van der Waals surface area contributed by atoms with Crippen LogP contribution < -0.4 is 0 Å². The molecule has 0 saturated carbocycles. The van der Waals surface area contributed by atoms with Crippen LogP contribution in [0.2, 0.25) is 0 Å². The van der Waals surface area contributed by atoms with Gasteiger partial charge < -0.3 is 9.88 Å². The molecular formula is C20H18N4OS. The summed E-state index contributed by atoms with van der Waals surface area (Å²) >= 11 is 1.69. The van der Waals surface area contributed by atoms with Gasteiger partial charge in [0.05, 0.1) is 6.04 Å². The molecule has 4 aromatic rings. The summed E-state index contributed by atoms with van der Waals surface area (Å²) in [6.45, 7) is 2.65. The molecule has 3 aromatic heterocycles. The summed E-state index contributed by atoms with van der Waals surface area (Å²) in [5.41, 5.74) is 4.94. The van der Waals surface area contributed by atoms with Crippen molar-refractivity contribution in [3.8, 4) is 0 Å². The van der Waals surface area contributed by atoms with Gasteiger partial charge in [-0.25, -0.2) is 0 Å². The second-order valence-electron chi connectivity index (χ2n) is 6.64. The van der Waals surface area contributed by atoms with Gasteiger partial charge in [0.25, 0.3) is 5.91 Å². The molecule has 0 aliphatic carbocycles. The van der Waals surface area contributed by atoms with Crippen LogP contribution in [0, 0.1) is 6.92 Å². The van der Waals surface area contributed by atoms with Gasteiger partial charge in [-0.05, 0) is 36.4 Å². The van der Waals surface area contributed by atoms with Gasteiger partial charge in [0.1, 0.15) is 0 Å². The van der Waals surface area contributed by atoms with Crippen molar-refractivity contribution >= 4 is 28.1 Å². The number of H-pyrrole nitrogens is 2. The first-order chi connectivity index (χ1) is 12.7. The first kappa shape index (κ1) is 15.4. The lowest BCUT2D eigenvalue weighted by atomic mass is 10.1. The number of aromatic amines is 2. The molecular weight excluding hydrogens is 344 g/mol. The number of fused-ring (bicyclic) bond motifs is 2. The smallest absolute Gasteiger partial charge is 0.275 e. The number of aromatic nitrogens is 3. The van der Waals surface area contributed by atoms with Crippen LogP contribution in [-0.4, -0.2) is 32.5 Å². The predicted molar refractivity (Wildman–Crippen MR) is 103 cm³/mol. The van der Waals surface area contributed by atoms with Crippen LogP contribution in [0.15, 0.2) is 48.0 Å². The average molecular weight is 362 g/mol. The minimum absolute atomic E-state index is 0.0163. The summed E-state index contributed by atoms with van der Waals surface area (Å²) in [6.07, 6.45) is 2.86. The number of nitrogens with zero attached hydrogens (tertiary/aromatic N) is 2. The Bertz CT molecular complexity index is 1090. The van der Waals surface area contributed by atoms with Crippen molar-refractivity contribution < 1.29 is 4.79 Å². The van der Waals surface area contributed by atoms with Crippen LogP contribution in [0.3, 0.4) is 0 Å². The Labute approximate surface area is 154 Å². The third-order valence-corrected chi connectivity index (χ3v) is 6.08. The van der Waals surface area contributed by atoms with Crippen LogP contribution in [0.4, 0.5) is 0 Å². The molecule has 2 N–H and O–H groups in total. The molecule has 1 aromatic carbocycles. The second-order valence-corrected chi connectivity index (χ2v) is 7.62. The monoisotopic (exact) mass is 362 g/mol. The van der Waals surface area contributed by atoms with Crippen molar-refractivity contribution in [1.82, 2.24) is 20.1 Å². The van der Waals surface area contributed by atoms with Crippen LogP contribution in [0.1, 0.15) is 38.2 Å². The fraction of sp³-hybridized carbons (Fsp3) is 0.200. The van der Waals surface area contributed by atoms with Crippen LogP contribution in [0.5, 0.6) is 0 Å². The maximum Gasteiger partial charge on any atom is 0.275 e. The number of benzene rings is 1. The summed E-state index contributed by atoms with van der Waals surface area (Å²) in [7, 11) is 0. The lowest BCUT2D eigenvalue weighted by Gasteiger charge is -2.25. The molecule has 130 valence electrons. The minimum atomic E-state index is -0.0403. The van der Waals surface area contributed by atoms with Crippen molar-refractivity contribution in [2.45, 2.75) is 19.4 Å². The van der Waals surface area contributed by atoms with Crippen LogP contribution in [-0.2, 0) is 6.42 Å². The van der Waals surface area contributed by atoms with E-state index in [-0.39, 0.29) is 11.9 Å². The normalized spacial score (nSPS) is 16.6. The van der Waals surface area contributed by atoms with E-state index in [1.165, 1.54) is 15.8 Å². The summed E-state index contributed by atoms with van der Waals surface area (Å²) in [5.74, 6) is 0.0163. The van der Waals surface area contributed by atoms with Crippen LogP contribution >= 0.6 is 11.3 Å². The SMILES string of the molecule is Cc1[nH]nc2c1[C@@H](c1cccs1)N(CCc1c[nH]c3ccccc13)C2=O. The second kappa shape index (κ2) is 5.85. The number of hydrogen-bond donors (Lipinski definition) is 2. The van der Waals surface area contributed by atoms with Crippen molar-refractivity contribution in [3.63, 3.8) is 0 Å². The summed E-state index contributed by atoms with van der Waals surface area (Å²) in [6, 6.07) is 12.4. The number of thiophene rings is 1. The van der Waals surface area contributed by atoms with Crippen molar-refractivity contribution in [2.75, 3.05) is 6.54 Å². The van der Waals surface area contributed by atoms with E-state index >= 15 is 0 Å². The van der Waals surface area contributed by atoms with Gasteiger partial charge in [0, 0.05) is 39.8 Å². The molecule has 1 atom stereocenters. The molecule has 5 nitrogen and oxygen atoms in total. The Morgan fingerprint density at radius 3 is 2.96 bits per heavy atom. The molecule has 1 amide bonds. The maximum absolute atomic E-state index is 13.0. The number of aryl methyl sites for hydroxylation is 1. The van der Waals surface area contributed by atoms with Gasteiger partial charge in [-0.3, -0.25) is 9.89 Å². The molecule has 6 heteroatoms. The number of carbonyl (C=O) groups is 1. The quantitative estimate of drug-likeness (QED) is 0.575. The van der Waals surface area contributed by atoms with E-state index in [1.807, 2.05) is 30.0 Å². The summed E-state index contributed by atoms with van der Waals surface area (Å²) in [5, 5.41) is 10.5. The molecule has 5 rings (SSSR count). The highest BCUT2D eigenvalue weighted by Gasteiger charge is 2.41. The molecule has 0 fully saturated rings. The zero-order chi connectivity index (χ0) is 17.7. The fourth-order valence-corrected chi connectivity index (χ4v) is 4.74. The van der Waals surface area contributed by atoms with Gasteiger partial charge in [-0.1, -0.05) is 24.3 Å². The Hall–Kier alpha value is -2.86. The summed E-state index contributed by atoms with van der Waals surface area (Å²) in [4.78, 5) is 19.4. The average Bonchev–Trinajstić information content (AvgIpc) is 3.41. The van der Waals surface area contributed by atoms with Gasteiger partial charge in [-0.15, -0.1) is 11.3 Å². The highest BCUT2D eigenvalue weighted by atomic mass is 32.1. The Morgan fingerprint density at radius 2 is 2.12 bits per heavy atom. The third kappa shape index (κ3) is 2.22. The third-order valence-electron chi connectivity index (χ3n) is 5.15. The molecule has 1 aliphatic rings. The molecule has 0 spiro atoms. The lowest BCUT2D eigenvalue weighted by Crippen LogP contribution is -2.31. The predicted octanol–water partition coefficient (Wildman–Crippen LogP) is 4.05. The fourth-order valence-electron chi connectivity index (χ4n) is 3.90. The van der Waals surface area contributed by atoms with Gasteiger partial charge >= 0.3 is 0 Å². The topological polar surface area (TPSA) is 64.8 Å². The Balaban J connectivity index is 1.48. The minimum Gasteiger partial charge on any atom is -0.361 e.